The average molecular weight is 432 g/mol. The number of carbonyl (C=O) groups is 1. The molecule has 2 N–H and O–H groups in total. The predicted octanol–water partition coefficient (Wildman–Crippen LogP) is 4.13. The van der Waals surface area contributed by atoms with Gasteiger partial charge in [0.25, 0.3) is 0 Å². The number of nitrogens with zero attached hydrogens (tertiary/aromatic N) is 1. The molecule has 2 aromatic rings. The zero-order chi connectivity index (χ0) is 22.3. The number of carbonyl (C=O) groups excluding carboxylic acids is 1. The van der Waals surface area contributed by atoms with Gasteiger partial charge in [-0.1, -0.05) is 52.0 Å². The highest BCUT2D eigenvalue weighted by molar-refractivity contribution is 7.89. The predicted molar refractivity (Wildman–Crippen MR) is 122 cm³/mol. The van der Waals surface area contributed by atoms with E-state index >= 15 is 0 Å². The summed E-state index contributed by atoms with van der Waals surface area (Å²) >= 11 is 0. The van der Waals surface area contributed by atoms with Gasteiger partial charge >= 0.3 is 0 Å². The van der Waals surface area contributed by atoms with Gasteiger partial charge in [-0.2, -0.15) is 4.31 Å². The van der Waals surface area contributed by atoms with E-state index in [2.05, 4.69) is 24.5 Å². The van der Waals surface area contributed by atoms with Crippen molar-refractivity contribution in [3.8, 4) is 0 Å². The van der Waals surface area contributed by atoms with Gasteiger partial charge in [0.2, 0.25) is 15.9 Å². The van der Waals surface area contributed by atoms with E-state index in [0.29, 0.717) is 19.0 Å². The van der Waals surface area contributed by atoms with Crippen molar-refractivity contribution in [2.75, 3.05) is 25.0 Å². The third kappa shape index (κ3) is 6.14. The zero-order valence-electron chi connectivity index (χ0n) is 18.5. The maximum absolute atomic E-state index is 12.6. The van der Waals surface area contributed by atoms with Gasteiger partial charge in [-0.3, -0.25) is 4.79 Å². The van der Waals surface area contributed by atoms with E-state index in [1.807, 2.05) is 45.0 Å². The van der Waals surface area contributed by atoms with E-state index in [4.69, 9.17) is 0 Å². The molecule has 30 heavy (non-hydrogen) atoms. The van der Waals surface area contributed by atoms with Crippen LogP contribution < -0.4 is 10.6 Å². The van der Waals surface area contributed by atoms with Gasteiger partial charge in [0.1, 0.15) is 0 Å². The van der Waals surface area contributed by atoms with Crippen molar-refractivity contribution in [3.05, 3.63) is 59.7 Å². The molecule has 0 aliphatic heterocycles. The Hall–Kier alpha value is -2.22. The van der Waals surface area contributed by atoms with E-state index in [-0.39, 0.29) is 23.4 Å². The molecule has 0 spiro atoms. The number of sulfonamides is 1. The molecule has 6 nitrogen and oxygen atoms in total. The molecular formula is C23H33N3O3S. The smallest absolute Gasteiger partial charge is 0.243 e. The topological polar surface area (TPSA) is 78.5 Å². The van der Waals surface area contributed by atoms with Gasteiger partial charge in [0.05, 0.1) is 11.4 Å². The lowest BCUT2D eigenvalue weighted by Crippen LogP contribution is -2.31. The first-order valence-electron chi connectivity index (χ1n) is 10.4. The van der Waals surface area contributed by atoms with Gasteiger partial charge in [-0.05, 0) is 48.2 Å². The second kappa shape index (κ2) is 10.7. The summed E-state index contributed by atoms with van der Waals surface area (Å²) < 4.78 is 26.6. The Bertz CT molecular complexity index is 919. The Morgan fingerprint density at radius 1 is 0.900 bits per heavy atom. The molecule has 1 atom stereocenters. The Kier molecular flexibility index (Phi) is 8.58. The Morgan fingerprint density at radius 3 is 1.93 bits per heavy atom. The van der Waals surface area contributed by atoms with Crippen LogP contribution in [0.5, 0.6) is 0 Å². The lowest BCUT2D eigenvalue weighted by Gasteiger charge is -2.19. The molecule has 0 unspecified atom stereocenters. The summed E-state index contributed by atoms with van der Waals surface area (Å²) in [4.78, 5) is 12.5. The van der Waals surface area contributed by atoms with Crippen molar-refractivity contribution in [1.82, 2.24) is 9.62 Å². The number of amides is 1. The molecule has 164 valence electrons. The highest BCUT2D eigenvalue weighted by atomic mass is 32.2. The van der Waals surface area contributed by atoms with Crippen LogP contribution in [0.1, 0.15) is 57.7 Å². The molecule has 0 radical (unpaired) electrons. The first-order valence-corrected chi connectivity index (χ1v) is 11.9. The van der Waals surface area contributed by atoms with Gasteiger partial charge in [0, 0.05) is 24.8 Å². The fourth-order valence-electron chi connectivity index (χ4n) is 3.16. The maximum atomic E-state index is 12.6. The highest BCUT2D eigenvalue weighted by Gasteiger charge is 2.21. The normalized spacial score (nSPS) is 12.9. The van der Waals surface area contributed by atoms with Gasteiger partial charge in [0.15, 0.2) is 0 Å². The first-order chi connectivity index (χ1) is 14.2. The summed E-state index contributed by atoms with van der Waals surface area (Å²) in [6.07, 6.45) is 0. The molecule has 0 aromatic heterocycles. The minimum atomic E-state index is -3.46. The monoisotopic (exact) mass is 431 g/mol. The molecule has 2 aromatic carbocycles. The van der Waals surface area contributed by atoms with Crippen molar-refractivity contribution in [2.45, 2.75) is 51.5 Å². The average Bonchev–Trinajstić information content (AvgIpc) is 2.73. The van der Waals surface area contributed by atoms with Crippen LogP contribution in [0.2, 0.25) is 0 Å². The van der Waals surface area contributed by atoms with Crippen molar-refractivity contribution < 1.29 is 13.2 Å². The summed E-state index contributed by atoms with van der Waals surface area (Å²) in [5, 5.41) is 6.06. The van der Waals surface area contributed by atoms with Crippen LogP contribution in [-0.4, -0.2) is 38.3 Å². The molecule has 2 rings (SSSR count). The van der Waals surface area contributed by atoms with E-state index in [0.717, 1.165) is 11.3 Å². The molecule has 0 aliphatic carbocycles. The van der Waals surface area contributed by atoms with Crippen molar-refractivity contribution in [2.24, 2.45) is 0 Å². The van der Waals surface area contributed by atoms with Crippen LogP contribution in [0.15, 0.2) is 53.4 Å². The van der Waals surface area contributed by atoms with Gasteiger partial charge < -0.3 is 10.6 Å². The quantitative estimate of drug-likeness (QED) is 0.593. The highest BCUT2D eigenvalue weighted by Crippen LogP contribution is 2.20. The van der Waals surface area contributed by atoms with Crippen LogP contribution in [0.25, 0.3) is 0 Å². The summed E-state index contributed by atoms with van der Waals surface area (Å²) in [6, 6.07) is 14.6. The number of benzene rings is 2. The number of hydrogen-bond acceptors (Lipinski definition) is 4. The molecule has 1 amide bonds. The van der Waals surface area contributed by atoms with Crippen LogP contribution in [0.3, 0.4) is 0 Å². The van der Waals surface area contributed by atoms with Crippen LogP contribution in [0, 0.1) is 0 Å². The van der Waals surface area contributed by atoms with E-state index in [1.165, 1.54) is 9.87 Å². The summed E-state index contributed by atoms with van der Waals surface area (Å²) in [5.74, 6) is 0.325. The van der Waals surface area contributed by atoms with Gasteiger partial charge in [-0.25, -0.2) is 8.42 Å². The lowest BCUT2D eigenvalue weighted by atomic mass is 10.0. The molecular weight excluding hydrogens is 398 g/mol. The number of hydrogen-bond donors (Lipinski definition) is 2. The maximum Gasteiger partial charge on any atom is 0.243 e. The summed E-state index contributed by atoms with van der Waals surface area (Å²) in [6.45, 7) is 10.9. The van der Waals surface area contributed by atoms with E-state index in [9.17, 15) is 13.2 Å². The Labute approximate surface area is 180 Å². The first kappa shape index (κ1) is 24.1. The molecule has 0 bridgehead atoms. The molecule has 7 heteroatoms. The standard InChI is InChI=1S/C23H33N3O3S/c1-6-26(7-2)30(28,29)22-14-10-20(11-15-22)18(5)24-16-23(27)25-21-12-8-19(9-13-21)17(3)4/h8-15,17-18,24H,6-7,16H2,1-5H3,(H,25,27)/t18-/m0/s1. The number of rotatable bonds is 10. The third-order valence-corrected chi connectivity index (χ3v) is 7.22. The second-order valence-corrected chi connectivity index (χ2v) is 9.52. The third-order valence-electron chi connectivity index (χ3n) is 5.15. The van der Waals surface area contributed by atoms with Crippen molar-refractivity contribution in [3.63, 3.8) is 0 Å². The Morgan fingerprint density at radius 2 is 1.43 bits per heavy atom. The van der Waals surface area contributed by atoms with E-state index in [1.54, 1.807) is 24.3 Å². The lowest BCUT2D eigenvalue weighted by molar-refractivity contribution is -0.115. The minimum absolute atomic E-state index is 0.0933. The fourth-order valence-corrected chi connectivity index (χ4v) is 4.62. The largest absolute Gasteiger partial charge is 0.325 e. The van der Waals surface area contributed by atoms with Crippen molar-refractivity contribution in [1.29, 1.82) is 0 Å². The zero-order valence-corrected chi connectivity index (χ0v) is 19.3. The minimum Gasteiger partial charge on any atom is -0.325 e. The fraction of sp³-hybridized carbons (Fsp3) is 0.435. The number of anilines is 1. The van der Waals surface area contributed by atoms with E-state index < -0.39 is 10.0 Å². The summed E-state index contributed by atoms with van der Waals surface area (Å²) in [5.41, 5.74) is 2.92. The van der Waals surface area contributed by atoms with Crippen LogP contribution in [-0.2, 0) is 14.8 Å². The van der Waals surface area contributed by atoms with Crippen LogP contribution in [0.4, 0.5) is 5.69 Å². The second-order valence-electron chi connectivity index (χ2n) is 7.59. The summed E-state index contributed by atoms with van der Waals surface area (Å²) in [7, 11) is -3.46. The van der Waals surface area contributed by atoms with Crippen molar-refractivity contribution >= 4 is 21.6 Å². The van der Waals surface area contributed by atoms with Gasteiger partial charge in [-0.15, -0.1) is 0 Å². The SMILES string of the molecule is CCN(CC)S(=O)(=O)c1ccc([C@H](C)NCC(=O)Nc2ccc(C(C)C)cc2)cc1. The molecule has 0 saturated heterocycles. The molecule has 0 saturated carbocycles. The molecule has 0 heterocycles. The molecule has 0 fully saturated rings. The van der Waals surface area contributed by atoms with Crippen LogP contribution >= 0.6 is 0 Å². The number of nitrogens with one attached hydrogen (secondary N) is 2. The molecule has 0 aliphatic rings. The Balaban J connectivity index is 1.93.